The first kappa shape index (κ1) is 20.0. The highest BCUT2D eigenvalue weighted by molar-refractivity contribution is 6.08. The summed E-state index contributed by atoms with van der Waals surface area (Å²) >= 11 is 0. The van der Waals surface area contributed by atoms with Crippen molar-refractivity contribution in [3.63, 3.8) is 0 Å². The zero-order chi connectivity index (χ0) is 21.1. The minimum Gasteiger partial charge on any atom is -0.466 e. The summed E-state index contributed by atoms with van der Waals surface area (Å²) in [6.07, 6.45) is 2.41. The Morgan fingerprint density at radius 1 is 1.00 bits per heavy atom. The molecule has 0 aliphatic heterocycles. The standard InChI is InChI=1S/C25H25NO4/c1-3-30-22(27)16-26-21-15-8-7-12-20(21)23(24(26)17-10-5-4-6-11-17)18-13-9-14-19(18)25(28)29-2/h4-8,10-12,15H,3,9,13-14,16H2,1-2H3. The highest BCUT2D eigenvalue weighted by atomic mass is 16.5. The van der Waals surface area contributed by atoms with Crippen molar-refractivity contribution in [3.05, 3.63) is 65.7 Å². The summed E-state index contributed by atoms with van der Waals surface area (Å²) in [5, 5.41) is 1.03. The molecule has 0 N–H and O–H groups in total. The van der Waals surface area contributed by atoms with E-state index in [9.17, 15) is 9.59 Å². The smallest absolute Gasteiger partial charge is 0.334 e. The molecule has 0 saturated heterocycles. The minimum absolute atomic E-state index is 0.111. The maximum Gasteiger partial charge on any atom is 0.334 e. The van der Waals surface area contributed by atoms with Crippen molar-refractivity contribution in [1.29, 1.82) is 0 Å². The number of hydrogen-bond donors (Lipinski definition) is 0. The van der Waals surface area contributed by atoms with Crippen LogP contribution in [0.15, 0.2) is 60.2 Å². The van der Waals surface area contributed by atoms with Gasteiger partial charge in [-0.15, -0.1) is 0 Å². The van der Waals surface area contributed by atoms with Gasteiger partial charge in [0.15, 0.2) is 0 Å². The molecule has 2 aromatic carbocycles. The largest absolute Gasteiger partial charge is 0.466 e. The Bertz CT molecular complexity index is 1120. The van der Waals surface area contributed by atoms with Gasteiger partial charge in [-0.1, -0.05) is 48.5 Å². The third-order valence-electron chi connectivity index (χ3n) is 5.56. The lowest BCUT2D eigenvalue weighted by atomic mass is 9.95. The van der Waals surface area contributed by atoms with Crippen LogP contribution < -0.4 is 0 Å². The molecule has 0 radical (unpaired) electrons. The fraction of sp³-hybridized carbons (Fsp3) is 0.280. The van der Waals surface area contributed by atoms with Gasteiger partial charge >= 0.3 is 11.9 Å². The quantitative estimate of drug-likeness (QED) is 0.545. The molecule has 1 aliphatic carbocycles. The number of benzene rings is 2. The van der Waals surface area contributed by atoms with E-state index in [1.54, 1.807) is 6.92 Å². The van der Waals surface area contributed by atoms with E-state index in [0.717, 1.165) is 51.7 Å². The number of aromatic nitrogens is 1. The Hall–Kier alpha value is -3.34. The fourth-order valence-corrected chi connectivity index (χ4v) is 4.37. The van der Waals surface area contributed by atoms with Crippen LogP contribution in [0.1, 0.15) is 31.7 Å². The molecule has 0 spiro atoms. The van der Waals surface area contributed by atoms with E-state index in [1.807, 2.05) is 53.1 Å². The Morgan fingerprint density at radius 2 is 1.73 bits per heavy atom. The summed E-state index contributed by atoms with van der Waals surface area (Å²) < 4.78 is 12.3. The molecular weight excluding hydrogens is 378 g/mol. The zero-order valence-corrected chi connectivity index (χ0v) is 17.3. The van der Waals surface area contributed by atoms with Crippen LogP contribution in [-0.4, -0.2) is 30.2 Å². The van der Waals surface area contributed by atoms with Crippen molar-refractivity contribution in [2.24, 2.45) is 0 Å². The Balaban J connectivity index is 2.05. The second-order valence-corrected chi connectivity index (χ2v) is 7.30. The molecule has 0 fully saturated rings. The Labute approximate surface area is 175 Å². The van der Waals surface area contributed by atoms with Crippen LogP contribution >= 0.6 is 0 Å². The molecule has 0 atom stereocenters. The lowest BCUT2D eigenvalue weighted by molar-refractivity contribution is -0.143. The topological polar surface area (TPSA) is 57.5 Å². The van der Waals surface area contributed by atoms with Crippen LogP contribution in [-0.2, 0) is 25.6 Å². The monoisotopic (exact) mass is 403 g/mol. The molecule has 1 aliphatic rings. The van der Waals surface area contributed by atoms with Gasteiger partial charge in [-0.05, 0) is 43.4 Å². The van der Waals surface area contributed by atoms with Gasteiger partial charge < -0.3 is 14.0 Å². The molecule has 1 heterocycles. The Morgan fingerprint density at radius 3 is 2.47 bits per heavy atom. The van der Waals surface area contributed by atoms with Crippen LogP contribution in [0.4, 0.5) is 0 Å². The summed E-state index contributed by atoms with van der Waals surface area (Å²) in [6.45, 7) is 2.25. The van der Waals surface area contributed by atoms with Gasteiger partial charge in [-0.3, -0.25) is 4.79 Å². The van der Waals surface area contributed by atoms with Crippen molar-refractivity contribution in [2.45, 2.75) is 32.7 Å². The average Bonchev–Trinajstić information content (AvgIpc) is 3.37. The van der Waals surface area contributed by atoms with Crippen LogP contribution in [0.2, 0.25) is 0 Å². The molecule has 1 aromatic heterocycles. The molecule has 0 unspecified atom stereocenters. The van der Waals surface area contributed by atoms with Gasteiger partial charge in [-0.25, -0.2) is 4.79 Å². The number of nitrogens with zero attached hydrogens (tertiary/aromatic N) is 1. The number of allylic oxidation sites excluding steroid dienone is 1. The molecule has 0 saturated carbocycles. The molecule has 5 heteroatoms. The number of rotatable bonds is 6. The fourth-order valence-electron chi connectivity index (χ4n) is 4.37. The molecule has 154 valence electrons. The second kappa shape index (κ2) is 8.57. The van der Waals surface area contributed by atoms with Crippen molar-refractivity contribution in [1.82, 2.24) is 4.57 Å². The van der Waals surface area contributed by atoms with Crippen molar-refractivity contribution in [2.75, 3.05) is 13.7 Å². The first-order valence-corrected chi connectivity index (χ1v) is 10.3. The predicted octanol–water partition coefficient (Wildman–Crippen LogP) is 4.98. The van der Waals surface area contributed by atoms with Crippen LogP contribution in [0.5, 0.6) is 0 Å². The predicted molar refractivity (Wildman–Crippen MR) is 117 cm³/mol. The lowest BCUT2D eigenvalue weighted by Crippen LogP contribution is -2.14. The maximum absolute atomic E-state index is 12.5. The summed E-state index contributed by atoms with van der Waals surface area (Å²) in [4.78, 5) is 25.0. The molecule has 3 aromatic rings. The number of esters is 2. The third-order valence-corrected chi connectivity index (χ3v) is 5.56. The van der Waals surface area contributed by atoms with E-state index in [1.165, 1.54) is 7.11 Å². The highest BCUT2D eigenvalue weighted by Crippen LogP contribution is 2.44. The van der Waals surface area contributed by atoms with Crippen LogP contribution in [0, 0.1) is 0 Å². The van der Waals surface area contributed by atoms with Gasteiger partial charge in [-0.2, -0.15) is 0 Å². The van der Waals surface area contributed by atoms with Crippen molar-refractivity contribution in [3.8, 4) is 11.3 Å². The van der Waals surface area contributed by atoms with Gasteiger partial charge in [0.25, 0.3) is 0 Å². The molecule has 30 heavy (non-hydrogen) atoms. The van der Waals surface area contributed by atoms with E-state index in [2.05, 4.69) is 6.07 Å². The first-order valence-electron chi connectivity index (χ1n) is 10.3. The number of carbonyl (C=O) groups is 2. The van der Waals surface area contributed by atoms with Gasteiger partial charge in [0, 0.05) is 22.0 Å². The molecule has 0 bridgehead atoms. The van der Waals surface area contributed by atoms with E-state index in [0.29, 0.717) is 13.0 Å². The summed E-state index contributed by atoms with van der Waals surface area (Å²) in [5.41, 5.74) is 5.63. The highest BCUT2D eigenvalue weighted by Gasteiger charge is 2.29. The van der Waals surface area contributed by atoms with E-state index >= 15 is 0 Å². The van der Waals surface area contributed by atoms with Crippen molar-refractivity contribution >= 4 is 28.4 Å². The number of fused-ring (bicyclic) bond motifs is 1. The third kappa shape index (κ3) is 3.52. The van der Waals surface area contributed by atoms with Crippen molar-refractivity contribution < 1.29 is 19.1 Å². The summed E-state index contributed by atoms with van der Waals surface area (Å²) in [6, 6.07) is 18.0. The van der Waals surface area contributed by atoms with Gasteiger partial charge in [0.2, 0.25) is 0 Å². The summed E-state index contributed by atoms with van der Waals surface area (Å²) in [7, 11) is 1.42. The zero-order valence-electron chi connectivity index (χ0n) is 17.3. The van der Waals surface area contributed by atoms with E-state index in [-0.39, 0.29) is 18.5 Å². The number of carbonyl (C=O) groups excluding carboxylic acids is 2. The maximum atomic E-state index is 12.5. The number of methoxy groups -OCH3 is 1. The molecule has 5 nitrogen and oxygen atoms in total. The first-order chi connectivity index (χ1) is 14.7. The van der Waals surface area contributed by atoms with E-state index in [4.69, 9.17) is 9.47 Å². The number of ether oxygens (including phenoxy) is 2. The van der Waals surface area contributed by atoms with Crippen LogP contribution in [0.25, 0.3) is 27.7 Å². The second-order valence-electron chi connectivity index (χ2n) is 7.30. The van der Waals surface area contributed by atoms with Crippen LogP contribution in [0.3, 0.4) is 0 Å². The Kier molecular flexibility index (Phi) is 5.70. The van der Waals surface area contributed by atoms with E-state index < -0.39 is 0 Å². The lowest BCUT2D eigenvalue weighted by Gasteiger charge is -2.14. The van der Waals surface area contributed by atoms with Gasteiger partial charge in [0.1, 0.15) is 6.54 Å². The van der Waals surface area contributed by atoms with Gasteiger partial charge in [0.05, 0.1) is 19.4 Å². The SMILES string of the molecule is CCOC(=O)Cn1c(-c2ccccc2)c(C2=C(C(=O)OC)CCC2)c2ccccc21. The molecular formula is C25H25NO4. The molecule has 0 amide bonds. The number of hydrogen-bond acceptors (Lipinski definition) is 4. The minimum atomic E-state index is -0.282. The average molecular weight is 403 g/mol. The summed E-state index contributed by atoms with van der Waals surface area (Å²) in [5.74, 6) is -0.556. The number of para-hydroxylation sites is 1. The normalized spacial score (nSPS) is 13.7. The molecule has 4 rings (SSSR count).